The molecule has 7 heteroatoms. The number of hydrogen-bond acceptors (Lipinski definition) is 4. The number of aryl methyl sites for hydroxylation is 1. The van der Waals surface area contributed by atoms with E-state index >= 15 is 0 Å². The Labute approximate surface area is 183 Å². The highest BCUT2D eigenvalue weighted by molar-refractivity contribution is 5.95. The predicted molar refractivity (Wildman–Crippen MR) is 120 cm³/mol. The van der Waals surface area contributed by atoms with Gasteiger partial charge in [-0.05, 0) is 49.2 Å². The zero-order chi connectivity index (χ0) is 22.4. The van der Waals surface area contributed by atoms with Crippen LogP contribution in [0.1, 0.15) is 35.6 Å². The minimum atomic E-state index is -0.232. The number of nitrogens with one attached hydrogen (secondary N) is 3. The fourth-order valence-corrected chi connectivity index (χ4v) is 4.14. The lowest BCUT2D eigenvalue weighted by molar-refractivity contribution is -0.910. The molecule has 0 aromatic heterocycles. The molecule has 7 nitrogen and oxygen atoms in total. The Morgan fingerprint density at radius 2 is 1.90 bits per heavy atom. The first-order chi connectivity index (χ1) is 14.9. The van der Waals surface area contributed by atoms with Crippen molar-refractivity contribution in [3.8, 4) is 11.5 Å². The first kappa shape index (κ1) is 22.6. The van der Waals surface area contributed by atoms with Gasteiger partial charge in [0.2, 0.25) is 5.91 Å². The van der Waals surface area contributed by atoms with Gasteiger partial charge in [0.05, 0.1) is 32.9 Å². The molecule has 0 bridgehead atoms. The molecule has 0 radical (unpaired) electrons. The fourth-order valence-electron chi connectivity index (χ4n) is 4.14. The Balaban J connectivity index is 1.57. The van der Waals surface area contributed by atoms with E-state index in [1.54, 1.807) is 14.2 Å². The molecule has 166 valence electrons. The van der Waals surface area contributed by atoms with E-state index in [1.165, 1.54) is 4.90 Å². The van der Waals surface area contributed by atoms with Gasteiger partial charge in [0, 0.05) is 18.5 Å². The van der Waals surface area contributed by atoms with Crippen molar-refractivity contribution in [1.29, 1.82) is 0 Å². The molecule has 2 aromatic carbocycles. The molecule has 3 rings (SSSR count). The Bertz CT molecular complexity index is 944. The number of carbonyl (C=O) groups is 2. The maximum absolute atomic E-state index is 12.6. The summed E-state index contributed by atoms with van der Waals surface area (Å²) in [6, 6.07) is 11.7. The molecule has 1 aliphatic rings. The van der Waals surface area contributed by atoms with Crippen LogP contribution in [0.2, 0.25) is 0 Å². The van der Waals surface area contributed by atoms with E-state index in [2.05, 4.69) is 10.6 Å². The monoisotopic (exact) mass is 426 g/mol. The van der Waals surface area contributed by atoms with E-state index in [9.17, 15) is 9.59 Å². The number of hydrogen-bond donors (Lipinski definition) is 3. The summed E-state index contributed by atoms with van der Waals surface area (Å²) in [7, 11) is 3.29. The Hall–Kier alpha value is -3.06. The van der Waals surface area contributed by atoms with Crippen molar-refractivity contribution in [1.82, 2.24) is 5.32 Å². The zero-order valence-corrected chi connectivity index (χ0v) is 18.7. The first-order valence-corrected chi connectivity index (χ1v) is 10.6. The third-order valence-electron chi connectivity index (χ3n) is 6.01. The Morgan fingerprint density at radius 3 is 2.65 bits per heavy atom. The summed E-state index contributed by atoms with van der Waals surface area (Å²) in [5.74, 6) is 1.21. The molecule has 0 saturated carbocycles. The standard InChI is InChI=1S/C24H31N3O4/c1-16-7-5-8-20(17(16)2)26-23(28)14-25-24(29)15-27-12-6-9-21(27)19-13-18(30-3)10-11-22(19)31-4/h5,7-8,10-11,13,21H,6,9,12,14-15H2,1-4H3,(H,25,29)(H,26,28)/p+1/t21-/m1/s1. The number of quaternary nitrogens is 1. The van der Waals surface area contributed by atoms with Crippen molar-refractivity contribution in [2.45, 2.75) is 32.7 Å². The van der Waals surface area contributed by atoms with Gasteiger partial charge < -0.3 is 25.0 Å². The number of likely N-dealkylation sites (tertiary alicyclic amines) is 1. The number of methoxy groups -OCH3 is 2. The van der Waals surface area contributed by atoms with Gasteiger partial charge in [0.15, 0.2) is 6.54 Å². The second-order valence-electron chi connectivity index (χ2n) is 7.96. The Morgan fingerprint density at radius 1 is 1.10 bits per heavy atom. The average molecular weight is 427 g/mol. The number of carbonyl (C=O) groups excluding carboxylic acids is 2. The van der Waals surface area contributed by atoms with E-state index in [1.807, 2.05) is 50.2 Å². The molecule has 3 N–H and O–H groups in total. The predicted octanol–water partition coefficient (Wildman–Crippen LogP) is 1.80. The molecular formula is C24H32N3O4+. The van der Waals surface area contributed by atoms with Crippen LogP contribution in [0.5, 0.6) is 11.5 Å². The average Bonchev–Trinajstić information content (AvgIpc) is 3.22. The number of amides is 2. The molecule has 0 spiro atoms. The van der Waals surface area contributed by atoms with Crippen molar-refractivity contribution in [2.75, 3.05) is 39.2 Å². The SMILES string of the molecule is COc1ccc(OC)c([C@H]2CCC[NH+]2CC(=O)NCC(=O)Nc2cccc(C)c2C)c1. The smallest absolute Gasteiger partial charge is 0.275 e. The van der Waals surface area contributed by atoms with Crippen LogP contribution >= 0.6 is 0 Å². The molecule has 1 saturated heterocycles. The van der Waals surface area contributed by atoms with Crippen molar-refractivity contribution < 1.29 is 24.0 Å². The first-order valence-electron chi connectivity index (χ1n) is 10.6. The van der Waals surface area contributed by atoms with Crippen LogP contribution in [0.4, 0.5) is 5.69 Å². The summed E-state index contributed by atoms with van der Waals surface area (Å²) < 4.78 is 10.9. The number of ether oxygens (including phenoxy) is 2. The third kappa shape index (κ3) is 5.55. The van der Waals surface area contributed by atoms with Gasteiger partial charge in [0.25, 0.3) is 5.91 Å². The summed E-state index contributed by atoms with van der Waals surface area (Å²) in [5, 5.41) is 5.63. The van der Waals surface area contributed by atoms with Crippen LogP contribution in [-0.4, -0.2) is 45.7 Å². The van der Waals surface area contributed by atoms with Gasteiger partial charge in [-0.2, -0.15) is 0 Å². The van der Waals surface area contributed by atoms with E-state index in [4.69, 9.17) is 9.47 Å². The molecule has 2 amide bonds. The second kappa shape index (κ2) is 10.3. The minimum Gasteiger partial charge on any atom is -0.497 e. The van der Waals surface area contributed by atoms with Gasteiger partial charge in [-0.25, -0.2) is 0 Å². The van der Waals surface area contributed by atoms with E-state index < -0.39 is 0 Å². The number of anilines is 1. The van der Waals surface area contributed by atoms with Crippen LogP contribution in [0.15, 0.2) is 36.4 Å². The molecule has 1 unspecified atom stereocenters. The Kier molecular flexibility index (Phi) is 7.52. The van der Waals surface area contributed by atoms with Crippen molar-refractivity contribution in [3.05, 3.63) is 53.1 Å². The van der Waals surface area contributed by atoms with E-state index in [0.717, 1.165) is 53.3 Å². The lowest BCUT2D eigenvalue weighted by Crippen LogP contribution is -3.11. The number of rotatable bonds is 8. The molecular weight excluding hydrogens is 394 g/mol. The van der Waals surface area contributed by atoms with Crippen LogP contribution < -0.4 is 25.0 Å². The largest absolute Gasteiger partial charge is 0.497 e. The molecule has 1 fully saturated rings. The fraction of sp³-hybridized carbons (Fsp3) is 0.417. The van der Waals surface area contributed by atoms with Crippen LogP contribution in [0.25, 0.3) is 0 Å². The molecule has 2 atom stereocenters. The highest BCUT2D eigenvalue weighted by atomic mass is 16.5. The molecule has 1 heterocycles. The maximum Gasteiger partial charge on any atom is 0.275 e. The molecule has 2 aromatic rings. The van der Waals surface area contributed by atoms with Crippen LogP contribution in [-0.2, 0) is 9.59 Å². The van der Waals surface area contributed by atoms with Crippen LogP contribution in [0.3, 0.4) is 0 Å². The summed E-state index contributed by atoms with van der Waals surface area (Å²) >= 11 is 0. The summed E-state index contributed by atoms with van der Waals surface area (Å²) in [6.07, 6.45) is 2.00. The summed E-state index contributed by atoms with van der Waals surface area (Å²) in [4.78, 5) is 26.0. The molecule has 31 heavy (non-hydrogen) atoms. The maximum atomic E-state index is 12.6. The van der Waals surface area contributed by atoms with Gasteiger partial charge in [-0.1, -0.05) is 12.1 Å². The summed E-state index contributed by atoms with van der Waals surface area (Å²) in [5.41, 5.74) is 3.96. The summed E-state index contributed by atoms with van der Waals surface area (Å²) in [6.45, 7) is 5.12. The lowest BCUT2D eigenvalue weighted by atomic mass is 10.0. The van der Waals surface area contributed by atoms with Crippen molar-refractivity contribution in [2.24, 2.45) is 0 Å². The van der Waals surface area contributed by atoms with Gasteiger partial charge >= 0.3 is 0 Å². The molecule has 1 aliphatic heterocycles. The lowest BCUT2D eigenvalue weighted by Gasteiger charge is -2.23. The minimum absolute atomic E-state index is 0.0490. The molecule has 0 aliphatic carbocycles. The quantitative estimate of drug-likeness (QED) is 0.601. The van der Waals surface area contributed by atoms with Crippen molar-refractivity contribution in [3.63, 3.8) is 0 Å². The highest BCUT2D eigenvalue weighted by Crippen LogP contribution is 2.31. The second-order valence-corrected chi connectivity index (χ2v) is 7.96. The van der Waals surface area contributed by atoms with E-state index in [0.29, 0.717) is 6.54 Å². The topological polar surface area (TPSA) is 81.1 Å². The normalized spacial score (nSPS) is 17.8. The van der Waals surface area contributed by atoms with Gasteiger partial charge in [0.1, 0.15) is 17.5 Å². The van der Waals surface area contributed by atoms with E-state index in [-0.39, 0.29) is 24.4 Å². The van der Waals surface area contributed by atoms with Gasteiger partial charge in [-0.3, -0.25) is 9.59 Å². The number of benzene rings is 2. The third-order valence-corrected chi connectivity index (χ3v) is 6.01. The van der Waals surface area contributed by atoms with Crippen LogP contribution in [0, 0.1) is 13.8 Å². The van der Waals surface area contributed by atoms with Crippen molar-refractivity contribution >= 4 is 17.5 Å². The highest BCUT2D eigenvalue weighted by Gasteiger charge is 2.34. The van der Waals surface area contributed by atoms with Gasteiger partial charge in [-0.15, -0.1) is 0 Å². The zero-order valence-electron chi connectivity index (χ0n) is 18.7.